The largest absolute Gasteiger partial charge is 0.478 e. The number of nitrogens with zero attached hydrogens (tertiary/aromatic N) is 1. The second-order valence-electron chi connectivity index (χ2n) is 4.48. The first-order valence-corrected chi connectivity index (χ1v) is 5.82. The normalized spacial score (nSPS) is 19.0. The lowest BCUT2D eigenvalue weighted by molar-refractivity contribution is -0.128. The summed E-state index contributed by atoms with van der Waals surface area (Å²) in [5.74, 6) is -0.580. The molecule has 18 heavy (non-hydrogen) atoms. The first-order chi connectivity index (χ1) is 8.60. The van der Waals surface area contributed by atoms with Crippen molar-refractivity contribution in [2.45, 2.75) is 13.0 Å². The number of hydrogen-bond donors (Lipinski definition) is 1. The summed E-state index contributed by atoms with van der Waals surface area (Å²) in [6.45, 7) is 4.93. The fraction of sp³-hybridized carbons (Fsp3) is 0.286. The smallest absolute Gasteiger partial charge is 0.335 e. The summed E-state index contributed by atoms with van der Waals surface area (Å²) < 4.78 is 0. The van der Waals surface area contributed by atoms with E-state index in [0.717, 1.165) is 5.56 Å². The number of carboxylic acid groups (broad SMARTS) is 1. The van der Waals surface area contributed by atoms with Crippen LogP contribution in [0.5, 0.6) is 0 Å². The van der Waals surface area contributed by atoms with Crippen LogP contribution in [0.2, 0.25) is 0 Å². The number of rotatable bonds is 4. The third kappa shape index (κ3) is 2.59. The summed E-state index contributed by atoms with van der Waals surface area (Å²) in [6.07, 6.45) is 2.34. The molecule has 1 unspecified atom stereocenters. The topological polar surface area (TPSA) is 57.6 Å². The number of carboxylic acids is 1. The highest BCUT2D eigenvalue weighted by atomic mass is 16.4. The van der Waals surface area contributed by atoms with Crippen molar-refractivity contribution in [2.24, 2.45) is 5.92 Å². The molecule has 0 aliphatic carbocycles. The molecule has 1 atom stereocenters. The third-order valence-corrected chi connectivity index (χ3v) is 3.15. The molecule has 1 saturated heterocycles. The quantitative estimate of drug-likeness (QED) is 0.824. The van der Waals surface area contributed by atoms with Crippen LogP contribution in [0.3, 0.4) is 0 Å². The Morgan fingerprint density at radius 1 is 1.44 bits per heavy atom. The molecular formula is C14H15NO3. The van der Waals surface area contributed by atoms with Crippen LogP contribution in [0.15, 0.2) is 36.9 Å². The van der Waals surface area contributed by atoms with Gasteiger partial charge in [-0.15, -0.1) is 6.58 Å². The summed E-state index contributed by atoms with van der Waals surface area (Å²) in [5, 5.41) is 8.79. The Bertz CT molecular complexity index is 478. The van der Waals surface area contributed by atoms with Crippen molar-refractivity contribution in [1.29, 1.82) is 0 Å². The zero-order valence-electron chi connectivity index (χ0n) is 10.0. The summed E-state index contributed by atoms with van der Waals surface area (Å²) >= 11 is 0. The summed E-state index contributed by atoms with van der Waals surface area (Å²) in [6, 6.07) is 6.61. The molecule has 0 spiro atoms. The van der Waals surface area contributed by atoms with Crippen LogP contribution in [0, 0.1) is 5.92 Å². The SMILES string of the molecule is C=CC1CC(=O)N(Cc2ccc(C(=O)O)cc2)C1. The molecule has 94 valence electrons. The standard InChI is InChI=1S/C14H15NO3/c1-2-10-7-13(16)15(8-10)9-11-3-5-12(6-4-11)14(17)18/h2-6,10H,1,7-9H2,(H,17,18). The fourth-order valence-corrected chi connectivity index (χ4v) is 2.09. The second-order valence-corrected chi connectivity index (χ2v) is 4.48. The Balaban J connectivity index is 2.03. The molecule has 1 aromatic carbocycles. The van der Waals surface area contributed by atoms with Gasteiger partial charge in [-0.25, -0.2) is 4.79 Å². The first-order valence-electron chi connectivity index (χ1n) is 5.82. The van der Waals surface area contributed by atoms with Gasteiger partial charge in [0.05, 0.1) is 5.56 Å². The van der Waals surface area contributed by atoms with Crippen molar-refractivity contribution in [3.8, 4) is 0 Å². The van der Waals surface area contributed by atoms with Gasteiger partial charge in [0, 0.05) is 25.4 Å². The van der Waals surface area contributed by atoms with E-state index >= 15 is 0 Å². The van der Waals surface area contributed by atoms with Gasteiger partial charge in [-0.3, -0.25) is 4.79 Å². The molecule has 4 nitrogen and oxygen atoms in total. The van der Waals surface area contributed by atoms with Gasteiger partial charge in [0.15, 0.2) is 0 Å². The zero-order chi connectivity index (χ0) is 13.1. The molecule has 1 heterocycles. The lowest BCUT2D eigenvalue weighted by Crippen LogP contribution is -2.24. The minimum Gasteiger partial charge on any atom is -0.478 e. The van der Waals surface area contributed by atoms with Gasteiger partial charge in [-0.1, -0.05) is 18.2 Å². The molecule has 1 aromatic rings. The van der Waals surface area contributed by atoms with Crippen LogP contribution in [0.4, 0.5) is 0 Å². The Morgan fingerprint density at radius 3 is 2.61 bits per heavy atom. The highest BCUT2D eigenvalue weighted by Gasteiger charge is 2.27. The summed E-state index contributed by atoms with van der Waals surface area (Å²) in [5.41, 5.74) is 1.20. The lowest BCUT2D eigenvalue weighted by atomic mass is 10.1. The van der Waals surface area contributed by atoms with Gasteiger partial charge in [-0.2, -0.15) is 0 Å². The van der Waals surface area contributed by atoms with Crippen molar-refractivity contribution < 1.29 is 14.7 Å². The van der Waals surface area contributed by atoms with Crippen LogP contribution >= 0.6 is 0 Å². The molecule has 0 saturated carbocycles. The molecule has 0 bridgehead atoms. The number of carbonyl (C=O) groups excluding carboxylic acids is 1. The minimum absolute atomic E-state index is 0.127. The Kier molecular flexibility index (Phi) is 3.46. The molecule has 1 aliphatic rings. The van der Waals surface area contributed by atoms with Crippen LogP contribution < -0.4 is 0 Å². The van der Waals surface area contributed by atoms with Crippen LogP contribution in [-0.4, -0.2) is 28.4 Å². The monoisotopic (exact) mass is 245 g/mol. The molecule has 2 rings (SSSR count). The number of benzene rings is 1. The lowest BCUT2D eigenvalue weighted by Gasteiger charge is -2.16. The highest BCUT2D eigenvalue weighted by molar-refractivity contribution is 5.87. The molecule has 4 heteroatoms. The zero-order valence-corrected chi connectivity index (χ0v) is 10.0. The van der Waals surface area contributed by atoms with Crippen molar-refractivity contribution in [3.05, 3.63) is 48.0 Å². The maximum atomic E-state index is 11.7. The second kappa shape index (κ2) is 5.04. The Hall–Kier alpha value is -2.10. The predicted octanol–water partition coefficient (Wildman–Crippen LogP) is 1.92. The van der Waals surface area contributed by atoms with Crippen molar-refractivity contribution in [1.82, 2.24) is 4.90 Å². The van der Waals surface area contributed by atoms with Gasteiger partial charge >= 0.3 is 5.97 Å². The molecule has 1 aliphatic heterocycles. The summed E-state index contributed by atoms with van der Waals surface area (Å²) in [4.78, 5) is 24.2. The van der Waals surface area contributed by atoms with E-state index in [1.165, 1.54) is 0 Å². The van der Waals surface area contributed by atoms with Crippen molar-refractivity contribution in [2.75, 3.05) is 6.54 Å². The van der Waals surface area contributed by atoms with E-state index in [1.54, 1.807) is 29.2 Å². The van der Waals surface area contributed by atoms with E-state index in [0.29, 0.717) is 19.5 Å². The van der Waals surface area contributed by atoms with Crippen LogP contribution in [0.1, 0.15) is 22.3 Å². The molecule has 1 amide bonds. The van der Waals surface area contributed by atoms with E-state index < -0.39 is 5.97 Å². The van der Waals surface area contributed by atoms with Gasteiger partial charge < -0.3 is 10.0 Å². The first kappa shape index (κ1) is 12.4. The van der Waals surface area contributed by atoms with Crippen LogP contribution in [0.25, 0.3) is 0 Å². The molecule has 1 fully saturated rings. The van der Waals surface area contributed by atoms with E-state index in [-0.39, 0.29) is 17.4 Å². The molecule has 0 radical (unpaired) electrons. The van der Waals surface area contributed by atoms with Crippen molar-refractivity contribution in [3.63, 3.8) is 0 Å². The fourth-order valence-electron chi connectivity index (χ4n) is 2.09. The molecular weight excluding hydrogens is 230 g/mol. The van der Waals surface area contributed by atoms with E-state index in [9.17, 15) is 9.59 Å². The maximum absolute atomic E-state index is 11.7. The molecule has 1 N–H and O–H groups in total. The van der Waals surface area contributed by atoms with Gasteiger partial charge in [0.2, 0.25) is 5.91 Å². The predicted molar refractivity (Wildman–Crippen MR) is 67.1 cm³/mol. The Labute approximate surface area is 106 Å². The number of carbonyl (C=O) groups is 2. The van der Waals surface area contributed by atoms with Gasteiger partial charge in [-0.05, 0) is 17.7 Å². The van der Waals surface area contributed by atoms with E-state index in [4.69, 9.17) is 5.11 Å². The summed E-state index contributed by atoms with van der Waals surface area (Å²) in [7, 11) is 0. The Morgan fingerprint density at radius 2 is 2.11 bits per heavy atom. The number of aromatic carboxylic acids is 1. The highest BCUT2D eigenvalue weighted by Crippen LogP contribution is 2.20. The van der Waals surface area contributed by atoms with Crippen molar-refractivity contribution >= 4 is 11.9 Å². The number of hydrogen-bond acceptors (Lipinski definition) is 2. The number of likely N-dealkylation sites (tertiary alicyclic amines) is 1. The minimum atomic E-state index is -0.939. The van der Waals surface area contributed by atoms with Crippen LogP contribution in [-0.2, 0) is 11.3 Å². The van der Waals surface area contributed by atoms with Gasteiger partial charge in [0.25, 0.3) is 0 Å². The van der Waals surface area contributed by atoms with Gasteiger partial charge in [0.1, 0.15) is 0 Å². The van der Waals surface area contributed by atoms with E-state index in [1.807, 2.05) is 6.08 Å². The molecule has 0 aromatic heterocycles. The third-order valence-electron chi connectivity index (χ3n) is 3.15. The van der Waals surface area contributed by atoms with E-state index in [2.05, 4.69) is 6.58 Å². The average Bonchev–Trinajstić information content (AvgIpc) is 2.71. The number of amides is 1. The average molecular weight is 245 g/mol. The maximum Gasteiger partial charge on any atom is 0.335 e.